The van der Waals surface area contributed by atoms with Crippen LogP contribution in [0.4, 0.5) is 0 Å². The summed E-state index contributed by atoms with van der Waals surface area (Å²) >= 11 is 6.07. The standard InChI is InChI=1S/C16H20ClNO3/c1-11-2-3-12(10-14(11)17)15(19)18-13-4-6-16(7-5-13)20-8-9-21-16/h2-3,10,13H,4-9H2,1H3,(H,18,19). The molecule has 0 atom stereocenters. The summed E-state index contributed by atoms with van der Waals surface area (Å²) in [6, 6.07) is 5.58. The molecule has 1 heterocycles. The molecular weight excluding hydrogens is 290 g/mol. The van der Waals surface area contributed by atoms with E-state index in [4.69, 9.17) is 21.1 Å². The van der Waals surface area contributed by atoms with E-state index in [-0.39, 0.29) is 17.7 Å². The van der Waals surface area contributed by atoms with Crippen molar-refractivity contribution < 1.29 is 14.3 Å². The number of carbonyl (C=O) groups excluding carboxylic acids is 1. The number of halogens is 1. The molecule has 1 saturated carbocycles. The molecule has 0 unspecified atom stereocenters. The quantitative estimate of drug-likeness (QED) is 0.913. The van der Waals surface area contributed by atoms with Crippen molar-refractivity contribution in [2.24, 2.45) is 0 Å². The molecule has 1 N–H and O–H groups in total. The number of hydrogen-bond donors (Lipinski definition) is 1. The monoisotopic (exact) mass is 309 g/mol. The number of nitrogens with one attached hydrogen (secondary N) is 1. The maximum atomic E-state index is 12.3. The van der Waals surface area contributed by atoms with Crippen LogP contribution in [0, 0.1) is 6.92 Å². The van der Waals surface area contributed by atoms with Crippen LogP contribution in [0.25, 0.3) is 0 Å². The summed E-state index contributed by atoms with van der Waals surface area (Å²) in [6.07, 6.45) is 3.44. The lowest BCUT2D eigenvalue weighted by Gasteiger charge is -2.35. The van der Waals surface area contributed by atoms with E-state index in [1.165, 1.54) is 0 Å². The molecule has 4 nitrogen and oxygen atoms in total. The van der Waals surface area contributed by atoms with Gasteiger partial charge in [-0.3, -0.25) is 4.79 Å². The predicted octanol–water partition coefficient (Wildman–Crippen LogP) is 3.06. The lowest BCUT2D eigenvalue weighted by atomic mass is 9.90. The summed E-state index contributed by atoms with van der Waals surface area (Å²) in [5.41, 5.74) is 1.59. The molecule has 3 rings (SSSR count). The number of ether oxygens (including phenoxy) is 2. The van der Waals surface area contributed by atoms with Gasteiger partial charge in [0.25, 0.3) is 5.91 Å². The van der Waals surface area contributed by atoms with Crippen LogP contribution in [0.1, 0.15) is 41.6 Å². The maximum absolute atomic E-state index is 12.3. The minimum Gasteiger partial charge on any atom is -0.349 e. The first-order valence-corrected chi connectivity index (χ1v) is 7.81. The molecule has 1 aliphatic heterocycles. The third-order valence-electron chi connectivity index (χ3n) is 4.33. The van der Waals surface area contributed by atoms with Gasteiger partial charge in [0.05, 0.1) is 13.2 Å². The Labute approximate surface area is 129 Å². The third kappa shape index (κ3) is 3.23. The van der Waals surface area contributed by atoms with Gasteiger partial charge in [0.1, 0.15) is 0 Å². The van der Waals surface area contributed by atoms with Crippen molar-refractivity contribution in [2.45, 2.75) is 44.4 Å². The Kier molecular flexibility index (Phi) is 4.20. The van der Waals surface area contributed by atoms with Crippen molar-refractivity contribution in [2.75, 3.05) is 13.2 Å². The number of aryl methyl sites for hydroxylation is 1. The van der Waals surface area contributed by atoms with Crippen LogP contribution in [-0.2, 0) is 9.47 Å². The van der Waals surface area contributed by atoms with Crippen LogP contribution >= 0.6 is 11.6 Å². The molecule has 0 radical (unpaired) electrons. The van der Waals surface area contributed by atoms with Gasteiger partial charge in [0.15, 0.2) is 5.79 Å². The van der Waals surface area contributed by atoms with Gasteiger partial charge >= 0.3 is 0 Å². The largest absolute Gasteiger partial charge is 0.349 e. The van der Waals surface area contributed by atoms with E-state index in [1.54, 1.807) is 6.07 Å². The second-order valence-corrected chi connectivity index (χ2v) is 6.23. The van der Waals surface area contributed by atoms with Gasteiger partial charge in [-0.15, -0.1) is 0 Å². The number of rotatable bonds is 2. The van der Waals surface area contributed by atoms with Crippen molar-refractivity contribution in [1.29, 1.82) is 0 Å². The fourth-order valence-electron chi connectivity index (χ4n) is 2.99. The minimum atomic E-state index is -0.381. The first-order valence-electron chi connectivity index (χ1n) is 7.43. The highest BCUT2D eigenvalue weighted by Gasteiger charge is 2.40. The number of benzene rings is 1. The van der Waals surface area contributed by atoms with Crippen molar-refractivity contribution in [3.63, 3.8) is 0 Å². The smallest absolute Gasteiger partial charge is 0.251 e. The molecule has 2 aliphatic rings. The molecule has 1 aromatic carbocycles. The Morgan fingerprint density at radius 2 is 1.95 bits per heavy atom. The molecule has 5 heteroatoms. The minimum absolute atomic E-state index is 0.0638. The maximum Gasteiger partial charge on any atom is 0.251 e. The van der Waals surface area contributed by atoms with E-state index in [0.29, 0.717) is 23.8 Å². The van der Waals surface area contributed by atoms with Crippen LogP contribution < -0.4 is 5.32 Å². The average Bonchev–Trinajstić information content (AvgIpc) is 2.93. The van der Waals surface area contributed by atoms with Gasteiger partial charge in [-0.1, -0.05) is 17.7 Å². The molecule has 1 amide bonds. The Balaban J connectivity index is 1.57. The van der Waals surface area contributed by atoms with E-state index in [0.717, 1.165) is 31.2 Å². The average molecular weight is 310 g/mol. The first-order chi connectivity index (χ1) is 10.1. The second kappa shape index (κ2) is 5.95. The highest BCUT2D eigenvalue weighted by Crippen LogP contribution is 2.35. The number of hydrogen-bond acceptors (Lipinski definition) is 3. The topological polar surface area (TPSA) is 47.6 Å². The highest BCUT2D eigenvalue weighted by molar-refractivity contribution is 6.31. The van der Waals surface area contributed by atoms with Crippen molar-refractivity contribution in [1.82, 2.24) is 5.32 Å². The van der Waals surface area contributed by atoms with Crippen LogP contribution in [0.15, 0.2) is 18.2 Å². The zero-order valence-electron chi connectivity index (χ0n) is 12.2. The molecule has 0 bridgehead atoms. The van der Waals surface area contributed by atoms with Gasteiger partial charge in [-0.25, -0.2) is 0 Å². The van der Waals surface area contributed by atoms with Gasteiger partial charge in [-0.2, -0.15) is 0 Å². The molecule has 1 saturated heterocycles. The summed E-state index contributed by atoms with van der Waals surface area (Å²) in [5.74, 6) is -0.444. The zero-order valence-corrected chi connectivity index (χ0v) is 12.9. The van der Waals surface area contributed by atoms with Crippen LogP contribution in [0.2, 0.25) is 5.02 Å². The number of carbonyl (C=O) groups is 1. The molecule has 2 fully saturated rings. The first kappa shape index (κ1) is 14.8. The zero-order chi connectivity index (χ0) is 14.9. The Hall–Kier alpha value is -1.10. The fourth-order valence-corrected chi connectivity index (χ4v) is 3.17. The summed E-state index contributed by atoms with van der Waals surface area (Å²) in [4.78, 5) is 12.3. The summed E-state index contributed by atoms with van der Waals surface area (Å²) in [5, 5.41) is 3.70. The van der Waals surface area contributed by atoms with Crippen LogP contribution in [0.5, 0.6) is 0 Å². The van der Waals surface area contributed by atoms with Crippen LogP contribution in [-0.4, -0.2) is 30.9 Å². The normalized spacial score (nSPS) is 21.6. The summed E-state index contributed by atoms with van der Waals surface area (Å²) in [6.45, 7) is 3.28. The summed E-state index contributed by atoms with van der Waals surface area (Å²) in [7, 11) is 0. The highest BCUT2D eigenvalue weighted by atomic mass is 35.5. The fraction of sp³-hybridized carbons (Fsp3) is 0.562. The van der Waals surface area contributed by atoms with Crippen LogP contribution in [0.3, 0.4) is 0 Å². The van der Waals surface area contributed by atoms with Gasteiger partial charge in [-0.05, 0) is 37.5 Å². The lowest BCUT2D eigenvalue weighted by molar-refractivity contribution is -0.179. The van der Waals surface area contributed by atoms with E-state index < -0.39 is 0 Å². The van der Waals surface area contributed by atoms with Gasteiger partial charge < -0.3 is 14.8 Å². The van der Waals surface area contributed by atoms with Crippen molar-refractivity contribution in [3.05, 3.63) is 34.3 Å². The van der Waals surface area contributed by atoms with E-state index in [1.807, 2.05) is 19.1 Å². The second-order valence-electron chi connectivity index (χ2n) is 5.82. The van der Waals surface area contributed by atoms with E-state index in [2.05, 4.69) is 5.32 Å². The van der Waals surface area contributed by atoms with Gasteiger partial charge in [0.2, 0.25) is 0 Å². The SMILES string of the molecule is Cc1ccc(C(=O)NC2CCC3(CC2)OCCO3)cc1Cl. The Morgan fingerprint density at radius 3 is 2.57 bits per heavy atom. The molecule has 1 aliphatic carbocycles. The Morgan fingerprint density at radius 1 is 1.29 bits per heavy atom. The predicted molar refractivity (Wildman–Crippen MR) is 80.5 cm³/mol. The molecular formula is C16H20ClNO3. The molecule has 0 aromatic heterocycles. The summed E-state index contributed by atoms with van der Waals surface area (Å²) < 4.78 is 11.4. The third-order valence-corrected chi connectivity index (χ3v) is 4.74. The Bertz CT molecular complexity index is 530. The number of amides is 1. The lowest BCUT2D eigenvalue weighted by Crippen LogP contribution is -2.44. The molecule has 1 spiro atoms. The van der Waals surface area contributed by atoms with Crippen molar-refractivity contribution >= 4 is 17.5 Å². The van der Waals surface area contributed by atoms with E-state index >= 15 is 0 Å². The van der Waals surface area contributed by atoms with E-state index in [9.17, 15) is 4.79 Å². The molecule has 21 heavy (non-hydrogen) atoms. The van der Waals surface area contributed by atoms with Gasteiger partial charge in [0, 0.05) is 29.5 Å². The molecule has 114 valence electrons. The molecule has 1 aromatic rings. The van der Waals surface area contributed by atoms with Crippen molar-refractivity contribution in [3.8, 4) is 0 Å².